The van der Waals surface area contributed by atoms with Gasteiger partial charge in [0.1, 0.15) is 0 Å². The van der Waals surface area contributed by atoms with E-state index in [0.29, 0.717) is 5.92 Å². The van der Waals surface area contributed by atoms with Crippen molar-refractivity contribution in [3.05, 3.63) is 35.9 Å². The first-order valence-corrected chi connectivity index (χ1v) is 5.37. The lowest BCUT2D eigenvalue weighted by atomic mass is 10.0. The Hall–Kier alpha value is -0.760. The molecule has 1 aromatic carbocycles. The van der Waals surface area contributed by atoms with Gasteiger partial charge < -0.3 is 0 Å². The third kappa shape index (κ3) is 3.64. The van der Waals surface area contributed by atoms with Gasteiger partial charge in [-0.1, -0.05) is 49.0 Å². The molecule has 1 nitrogen and oxygen atoms in total. The number of carbonyl (C=O) groups excluding carboxylic acids is 1. The van der Waals surface area contributed by atoms with Crippen LogP contribution in [-0.2, 0) is 4.79 Å². The predicted octanol–water partition coefficient (Wildman–Crippen LogP) is 3.07. The average Bonchev–Trinajstić information content (AvgIpc) is 2.15. The Kier molecular flexibility index (Phi) is 4.03. The largest absolute Gasteiger partial charge is 0.288 e. The third-order valence-corrected chi connectivity index (χ3v) is 2.98. The first-order valence-electron chi connectivity index (χ1n) is 4.38. The van der Waals surface area contributed by atoms with Crippen LogP contribution in [0.4, 0.5) is 0 Å². The second-order valence-electron chi connectivity index (χ2n) is 3.11. The summed E-state index contributed by atoms with van der Waals surface area (Å²) in [6.45, 7) is 3.76. The Bertz CT molecular complexity index is 269. The molecule has 0 radical (unpaired) electrons. The predicted molar refractivity (Wildman–Crippen MR) is 58.0 cm³/mol. The van der Waals surface area contributed by atoms with Crippen LogP contribution in [0.15, 0.2) is 30.3 Å². The zero-order chi connectivity index (χ0) is 9.68. The quantitative estimate of drug-likeness (QED) is 0.735. The van der Waals surface area contributed by atoms with Crippen LogP contribution in [0.5, 0.6) is 0 Å². The maximum atomic E-state index is 10.7. The van der Waals surface area contributed by atoms with E-state index in [2.05, 4.69) is 19.1 Å². The molecule has 70 valence electrons. The molecule has 0 aromatic heterocycles. The summed E-state index contributed by atoms with van der Waals surface area (Å²) in [5.74, 6) is 1.33. The van der Waals surface area contributed by atoms with Gasteiger partial charge in [0.2, 0.25) is 0 Å². The van der Waals surface area contributed by atoms with E-state index in [-0.39, 0.29) is 5.12 Å². The molecule has 0 N–H and O–H groups in total. The molecule has 0 aliphatic heterocycles. The Labute approximate surface area is 83.5 Å². The number of hydrogen-bond acceptors (Lipinski definition) is 2. The molecule has 0 saturated carbocycles. The van der Waals surface area contributed by atoms with Gasteiger partial charge in [-0.2, -0.15) is 0 Å². The smallest absolute Gasteiger partial charge is 0.185 e. The van der Waals surface area contributed by atoms with E-state index in [1.54, 1.807) is 6.92 Å². The molecule has 0 aliphatic rings. The van der Waals surface area contributed by atoms with Gasteiger partial charge in [-0.15, -0.1) is 0 Å². The summed E-state index contributed by atoms with van der Waals surface area (Å²) >= 11 is 1.40. The van der Waals surface area contributed by atoms with Crippen LogP contribution in [0, 0.1) is 0 Å². The molecular weight excluding hydrogens is 180 g/mol. The second kappa shape index (κ2) is 5.07. The summed E-state index contributed by atoms with van der Waals surface area (Å²) in [6.07, 6.45) is 0. The molecule has 1 rings (SSSR count). The number of rotatable bonds is 3. The molecule has 1 aromatic rings. The lowest BCUT2D eigenvalue weighted by molar-refractivity contribution is -0.109. The van der Waals surface area contributed by atoms with Crippen LogP contribution in [-0.4, -0.2) is 10.9 Å². The van der Waals surface area contributed by atoms with Gasteiger partial charge in [-0.3, -0.25) is 4.79 Å². The first-order chi connectivity index (χ1) is 6.20. The third-order valence-electron chi connectivity index (χ3n) is 1.91. The average molecular weight is 194 g/mol. The number of carbonyl (C=O) groups is 1. The van der Waals surface area contributed by atoms with Gasteiger partial charge in [0.15, 0.2) is 5.12 Å². The van der Waals surface area contributed by atoms with E-state index in [9.17, 15) is 4.79 Å². The molecule has 0 unspecified atom stereocenters. The standard InChI is InChI=1S/C11H14OS/c1-9(8-13-10(2)12)11-6-4-3-5-7-11/h3-7,9H,8H2,1-2H3/t9-/m0/s1. The molecule has 0 aliphatic carbocycles. The minimum atomic E-state index is 0.197. The van der Waals surface area contributed by atoms with Crippen molar-refractivity contribution in [1.29, 1.82) is 0 Å². The first kappa shape index (κ1) is 10.3. The second-order valence-corrected chi connectivity index (χ2v) is 4.31. The fourth-order valence-corrected chi connectivity index (χ4v) is 1.80. The molecule has 2 heteroatoms. The van der Waals surface area contributed by atoms with Gasteiger partial charge in [0.25, 0.3) is 0 Å². The van der Waals surface area contributed by atoms with Gasteiger partial charge in [0, 0.05) is 12.7 Å². The maximum absolute atomic E-state index is 10.7. The van der Waals surface area contributed by atoms with Crippen LogP contribution < -0.4 is 0 Å². The number of thioether (sulfide) groups is 1. The molecule has 0 saturated heterocycles. The summed E-state index contributed by atoms with van der Waals surface area (Å²) in [4.78, 5) is 10.7. The summed E-state index contributed by atoms with van der Waals surface area (Å²) < 4.78 is 0. The van der Waals surface area contributed by atoms with Crippen molar-refractivity contribution in [2.24, 2.45) is 0 Å². The van der Waals surface area contributed by atoms with E-state index < -0.39 is 0 Å². The van der Waals surface area contributed by atoms with Gasteiger partial charge in [-0.25, -0.2) is 0 Å². The van der Waals surface area contributed by atoms with E-state index in [4.69, 9.17) is 0 Å². The minimum absolute atomic E-state index is 0.197. The van der Waals surface area contributed by atoms with Crippen LogP contribution >= 0.6 is 11.8 Å². The SMILES string of the molecule is CC(=O)SC[C@H](C)c1ccccc1. The highest BCUT2D eigenvalue weighted by Gasteiger charge is 2.05. The van der Waals surface area contributed by atoms with Crippen LogP contribution in [0.1, 0.15) is 25.3 Å². The molecular formula is C11H14OS. The Balaban J connectivity index is 2.49. The Morgan fingerprint density at radius 2 is 2.00 bits per heavy atom. The van der Waals surface area contributed by atoms with Crippen molar-refractivity contribution in [3.8, 4) is 0 Å². The van der Waals surface area contributed by atoms with E-state index in [0.717, 1.165) is 5.75 Å². The summed E-state index contributed by atoms with van der Waals surface area (Å²) in [6, 6.07) is 10.3. The molecule has 1 atom stereocenters. The van der Waals surface area contributed by atoms with Gasteiger partial charge in [-0.05, 0) is 11.5 Å². The molecule has 0 spiro atoms. The molecule has 0 heterocycles. The fourth-order valence-electron chi connectivity index (χ4n) is 1.12. The molecule has 0 bridgehead atoms. The zero-order valence-electron chi connectivity index (χ0n) is 7.99. The highest BCUT2D eigenvalue weighted by Crippen LogP contribution is 2.19. The lowest BCUT2D eigenvalue weighted by Crippen LogP contribution is -1.98. The molecule has 0 amide bonds. The highest BCUT2D eigenvalue weighted by atomic mass is 32.2. The minimum Gasteiger partial charge on any atom is -0.288 e. The number of hydrogen-bond donors (Lipinski definition) is 0. The zero-order valence-corrected chi connectivity index (χ0v) is 8.80. The highest BCUT2D eigenvalue weighted by molar-refractivity contribution is 8.13. The van der Waals surface area contributed by atoms with Crippen LogP contribution in [0.25, 0.3) is 0 Å². The fraction of sp³-hybridized carbons (Fsp3) is 0.364. The van der Waals surface area contributed by atoms with Crippen molar-refractivity contribution in [2.75, 3.05) is 5.75 Å². The van der Waals surface area contributed by atoms with Crippen molar-refractivity contribution >= 4 is 16.9 Å². The molecule has 13 heavy (non-hydrogen) atoms. The lowest BCUT2D eigenvalue weighted by Gasteiger charge is -2.09. The van der Waals surface area contributed by atoms with Crippen LogP contribution in [0.2, 0.25) is 0 Å². The van der Waals surface area contributed by atoms with Crippen molar-refractivity contribution in [3.63, 3.8) is 0 Å². The molecule has 0 fully saturated rings. The van der Waals surface area contributed by atoms with Crippen molar-refractivity contribution < 1.29 is 4.79 Å². The summed E-state index contributed by atoms with van der Waals surface area (Å²) in [7, 11) is 0. The van der Waals surface area contributed by atoms with Crippen LogP contribution in [0.3, 0.4) is 0 Å². The van der Waals surface area contributed by atoms with Gasteiger partial charge in [0.05, 0.1) is 0 Å². The van der Waals surface area contributed by atoms with E-state index in [1.165, 1.54) is 17.3 Å². The van der Waals surface area contributed by atoms with Gasteiger partial charge >= 0.3 is 0 Å². The summed E-state index contributed by atoms with van der Waals surface area (Å²) in [5.41, 5.74) is 1.30. The Morgan fingerprint density at radius 1 is 1.38 bits per heavy atom. The summed E-state index contributed by atoms with van der Waals surface area (Å²) in [5, 5.41) is 0.197. The maximum Gasteiger partial charge on any atom is 0.185 e. The van der Waals surface area contributed by atoms with Crippen molar-refractivity contribution in [2.45, 2.75) is 19.8 Å². The van der Waals surface area contributed by atoms with E-state index in [1.807, 2.05) is 18.2 Å². The monoisotopic (exact) mass is 194 g/mol. The number of benzene rings is 1. The Morgan fingerprint density at radius 3 is 2.54 bits per heavy atom. The van der Waals surface area contributed by atoms with E-state index >= 15 is 0 Å². The van der Waals surface area contributed by atoms with Crippen molar-refractivity contribution in [1.82, 2.24) is 0 Å². The topological polar surface area (TPSA) is 17.1 Å². The normalized spacial score (nSPS) is 12.5.